The van der Waals surface area contributed by atoms with Gasteiger partial charge < -0.3 is 4.90 Å². The lowest BCUT2D eigenvalue weighted by Crippen LogP contribution is -2.33. The first kappa shape index (κ1) is 10.3. The molecule has 0 aliphatic carbocycles. The first-order valence-electron chi connectivity index (χ1n) is 5.01. The van der Waals surface area contributed by atoms with Crippen LogP contribution in [0.2, 0.25) is 0 Å². The molecule has 1 amide bonds. The average Bonchev–Trinajstić information content (AvgIpc) is 2.30. The van der Waals surface area contributed by atoms with Crippen molar-refractivity contribution in [2.45, 2.75) is 11.3 Å². The molecule has 0 spiro atoms. The van der Waals surface area contributed by atoms with Gasteiger partial charge in [0.2, 0.25) is 0 Å². The maximum Gasteiger partial charge on any atom is 0.255 e. The molecule has 1 aliphatic rings. The molecule has 0 saturated carbocycles. The van der Waals surface area contributed by atoms with Crippen LogP contribution < -0.4 is 0 Å². The lowest BCUT2D eigenvalue weighted by atomic mass is 10.1. The molecule has 78 valence electrons. The number of benzene rings is 1. The molecule has 1 heterocycles. The molecule has 0 radical (unpaired) electrons. The minimum Gasteiger partial charge on any atom is -0.335 e. The smallest absolute Gasteiger partial charge is 0.255 e. The van der Waals surface area contributed by atoms with E-state index in [4.69, 9.17) is 0 Å². The molecule has 0 atom stereocenters. The highest BCUT2D eigenvalue weighted by molar-refractivity contribution is 7.80. The van der Waals surface area contributed by atoms with Crippen LogP contribution in [0.25, 0.3) is 0 Å². The lowest BCUT2D eigenvalue weighted by Gasteiger charge is -2.23. The summed E-state index contributed by atoms with van der Waals surface area (Å²) in [5.74, 6) is 0.0740. The van der Waals surface area contributed by atoms with Crippen molar-refractivity contribution in [3.8, 4) is 0 Å². The van der Waals surface area contributed by atoms with Crippen LogP contribution in [-0.2, 0) is 0 Å². The Hall–Kier alpha value is -1.22. The fraction of sp³-hybridized carbons (Fsp3) is 0.250. The van der Waals surface area contributed by atoms with Crippen molar-refractivity contribution in [2.24, 2.45) is 0 Å². The molecule has 0 fully saturated rings. The van der Waals surface area contributed by atoms with E-state index in [0.29, 0.717) is 12.1 Å². The van der Waals surface area contributed by atoms with E-state index >= 15 is 0 Å². The van der Waals surface area contributed by atoms with Crippen molar-refractivity contribution < 1.29 is 4.79 Å². The number of carbonyl (C=O) groups excluding carboxylic acids is 1. The van der Waals surface area contributed by atoms with Crippen molar-refractivity contribution in [2.75, 3.05) is 13.1 Å². The standard InChI is InChI=1S/C12H13NOS/c14-12(13-8-4-1-5-9-13)10-6-2-3-7-11(10)15/h1-4,6-7,15H,5,8-9H2. The van der Waals surface area contributed by atoms with Crippen molar-refractivity contribution in [1.29, 1.82) is 0 Å². The Balaban J connectivity index is 2.20. The zero-order chi connectivity index (χ0) is 10.7. The largest absolute Gasteiger partial charge is 0.335 e. The minimum absolute atomic E-state index is 0.0740. The zero-order valence-electron chi connectivity index (χ0n) is 8.39. The van der Waals surface area contributed by atoms with E-state index in [2.05, 4.69) is 18.7 Å². The second kappa shape index (κ2) is 4.53. The number of hydrogen-bond acceptors (Lipinski definition) is 2. The Morgan fingerprint density at radius 1 is 1.27 bits per heavy atom. The van der Waals surface area contributed by atoms with Crippen LogP contribution in [0.1, 0.15) is 16.8 Å². The van der Waals surface area contributed by atoms with E-state index in [9.17, 15) is 4.79 Å². The van der Waals surface area contributed by atoms with E-state index in [0.717, 1.165) is 17.9 Å². The van der Waals surface area contributed by atoms with Gasteiger partial charge in [-0.2, -0.15) is 0 Å². The Bertz CT molecular complexity index is 400. The highest BCUT2D eigenvalue weighted by Crippen LogP contribution is 2.16. The second-order valence-corrected chi connectivity index (χ2v) is 4.01. The molecular formula is C12H13NOS. The lowest BCUT2D eigenvalue weighted by molar-refractivity contribution is 0.0767. The molecule has 0 unspecified atom stereocenters. The van der Waals surface area contributed by atoms with Gasteiger partial charge in [-0.15, -0.1) is 12.6 Å². The van der Waals surface area contributed by atoms with Gasteiger partial charge in [-0.25, -0.2) is 0 Å². The Morgan fingerprint density at radius 3 is 2.73 bits per heavy atom. The summed E-state index contributed by atoms with van der Waals surface area (Å²) in [6.45, 7) is 1.51. The number of thiol groups is 1. The number of rotatable bonds is 1. The van der Waals surface area contributed by atoms with Gasteiger partial charge in [0.25, 0.3) is 5.91 Å². The molecule has 1 aliphatic heterocycles. The van der Waals surface area contributed by atoms with Crippen LogP contribution in [0.15, 0.2) is 41.3 Å². The maximum absolute atomic E-state index is 12.1. The van der Waals surface area contributed by atoms with Gasteiger partial charge in [-0.05, 0) is 18.6 Å². The predicted molar refractivity (Wildman–Crippen MR) is 63.4 cm³/mol. The third-order valence-electron chi connectivity index (χ3n) is 2.48. The highest BCUT2D eigenvalue weighted by atomic mass is 32.1. The number of amides is 1. The van der Waals surface area contributed by atoms with Gasteiger partial charge in [0.15, 0.2) is 0 Å². The van der Waals surface area contributed by atoms with Crippen molar-refractivity contribution in [1.82, 2.24) is 4.90 Å². The number of hydrogen-bond donors (Lipinski definition) is 1. The Kier molecular flexibility index (Phi) is 3.11. The molecule has 0 aromatic heterocycles. The third kappa shape index (κ3) is 2.23. The first-order valence-corrected chi connectivity index (χ1v) is 5.46. The van der Waals surface area contributed by atoms with Gasteiger partial charge in [0.1, 0.15) is 0 Å². The quantitative estimate of drug-likeness (QED) is 0.568. The molecule has 2 nitrogen and oxygen atoms in total. The topological polar surface area (TPSA) is 20.3 Å². The predicted octanol–water partition coefficient (Wildman–Crippen LogP) is 2.38. The normalized spacial score (nSPS) is 15.4. The van der Waals surface area contributed by atoms with Gasteiger partial charge >= 0.3 is 0 Å². The fourth-order valence-electron chi connectivity index (χ4n) is 1.65. The fourth-order valence-corrected chi connectivity index (χ4v) is 1.91. The molecule has 15 heavy (non-hydrogen) atoms. The summed E-state index contributed by atoms with van der Waals surface area (Å²) in [4.78, 5) is 14.7. The monoisotopic (exact) mass is 219 g/mol. The van der Waals surface area contributed by atoms with E-state index in [-0.39, 0.29) is 5.91 Å². The van der Waals surface area contributed by atoms with Crippen LogP contribution in [0.4, 0.5) is 0 Å². The van der Waals surface area contributed by atoms with E-state index in [1.807, 2.05) is 35.2 Å². The van der Waals surface area contributed by atoms with Crippen molar-refractivity contribution >= 4 is 18.5 Å². The average molecular weight is 219 g/mol. The van der Waals surface area contributed by atoms with E-state index < -0.39 is 0 Å². The number of carbonyl (C=O) groups is 1. The molecular weight excluding hydrogens is 206 g/mol. The Morgan fingerprint density at radius 2 is 2.07 bits per heavy atom. The van der Waals surface area contributed by atoms with Crippen LogP contribution in [-0.4, -0.2) is 23.9 Å². The van der Waals surface area contributed by atoms with Gasteiger partial charge in [0, 0.05) is 18.0 Å². The van der Waals surface area contributed by atoms with Crippen LogP contribution in [0, 0.1) is 0 Å². The summed E-state index contributed by atoms with van der Waals surface area (Å²) in [5.41, 5.74) is 0.691. The van der Waals surface area contributed by atoms with Gasteiger partial charge in [-0.1, -0.05) is 24.3 Å². The summed E-state index contributed by atoms with van der Waals surface area (Å²) in [5, 5.41) is 0. The summed E-state index contributed by atoms with van der Waals surface area (Å²) >= 11 is 4.29. The van der Waals surface area contributed by atoms with Crippen LogP contribution >= 0.6 is 12.6 Å². The molecule has 1 aromatic carbocycles. The summed E-state index contributed by atoms with van der Waals surface area (Å²) in [6, 6.07) is 7.42. The molecule has 2 rings (SSSR count). The zero-order valence-corrected chi connectivity index (χ0v) is 9.28. The van der Waals surface area contributed by atoms with Crippen LogP contribution in [0.5, 0.6) is 0 Å². The Labute approximate surface area is 95.0 Å². The van der Waals surface area contributed by atoms with Crippen molar-refractivity contribution in [3.05, 3.63) is 42.0 Å². The van der Waals surface area contributed by atoms with Gasteiger partial charge in [-0.3, -0.25) is 4.79 Å². The SMILES string of the molecule is O=C(c1ccccc1S)N1CC=CCC1. The van der Waals surface area contributed by atoms with E-state index in [1.165, 1.54) is 0 Å². The number of nitrogens with zero attached hydrogens (tertiary/aromatic N) is 1. The maximum atomic E-state index is 12.1. The molecule has 3 heteroatoms. The van der Waals surface area contributed by atoms with E-state index in [1.54, 1.807) is 0 Å². The van der Waals surface area contributed by atoms with Crippen molar-refractivity contribution in [3.63, 3.8) is 0 Å². The van der Waals surface area contributed by atoms with Crippen LogP contribution in [0.3, 0.4) is 0 Å². The third-order valence-corrected chi connectivity index (χ3v) is 2.87. The molecule has 0 N–H and O–H groups in total. The summed E-state index contributed by atoms with van der Waals surface area (Å²) < 4.78 is 0. The van der Waals surface area contributed by atoms with Gasteiger partial charge in [0.05, 0.1) is 5.56 Å². The summed E-state index contributed by atoms with van der Waals surface area (Å²) in [7, 11) is 0. The summed E-state index contributed by atoms with van der Waals surface area (Å²) in [6.07, 6.45) is 5.08. The first-order chi connectivity index (χ1) is 7.29. The second-order valence-electron chi connectivity index (χ2n) is 3.53. The molecule has 0 saturated heterocycles. The highest BCUT2D eigenvalue weighted by Gasteiger charge is 2.17. The minimum atomic E-state index is 0.0740. The molecule has 0 bridgehead atoms. The molecule has 1 aromatic rings.